The van der Waals surface area contributed by atoms with Crippen LogP contribution in [0.5, 0.6) is 0 Å². The summed E-state index contributed by atoms with van der Waals surface area (Å²) in [5, 5.41) is 0. The van der Waals surface area contributed by atoms with Crippen LogP contribution in [0.25, 0.3) is 0 Å². The van der Waals surface area contributed by atoms with Crippen molar-refractivity contribution in [2.24, 2.45) is 16.9 Å². The Balaban J connectivity index is 2.70. The molecule has 1 aliphatic rings. The third-order valence-corrected chi connectivity index (χ3v) is 3.53. The number of rotatable bonds is 4. The molecular formula is C10H19N3OS. The van der Waals surface area contributed by atoms with Crippen molar-refractivity contribution in [3.8, 4) is 0 Å². The van der Waals surface area contributed by atoms with Gasteiger partial charge in [-0.3, -0.25) is 9.69 Å². The average Bonchev–Trinajstić information content (AvgIpc) is 2.50. The molecule has 0 aliphatic carbocycles. The molecule has 4 N–H and O–H groups in total. The number of nitrogens with two attached hydrogens (primary N) is 2. The van der Waals surface area contributed by atoms with Crippen LogP contribution >= 0.6 is 12.2 Å². The number of amides is 1. The van der Waals surface area contributed by atoms with Crippen molar-refractivity contribution >= 4 is 23.1 Å². The fourth-order valence-corrected chi connectivity index (χ4v) is 2.42. The molecule has 15 heavy (non-hydrogen) atoms. The van der Waals surface area contributed by atoms with Gasteiger partial charge in [0, 0.05) is 6.54 Å². The summed E-state index contributed by atoms with van der Waals surface area (Å²) in [6, 6.07) is 0.0983. The van der Waals surface area contributed by atoms with E-state index < -0.39 is 5.41 Å². The van der Waals surface area contributed by atoms with Crippen molar-refractivity contribution in [1.29, 1.82) is 0 Å². The molecule has 2 atom stereocenters. The maximum atomic E-state index is 11.3. The van der Waals surface area contributed by atoms with Crippen molar-refractivity contribution in [1.82, 2.24) is 4.90 Å². The van der Waals surface area contributed by atoms with Crippen molar-refractivity contribution in [3.63, 3.8) is 0 Å². The van der Waals surface area contributed by atoms with Gasteiger partial charge in [-0.15, -0.1) is 0 Å². The summed E-state index contributed by atoms with van der Waals surface area (Å²) in [6.45, 7) is 5.46. The summed E-state index contributed by atoms with van der Waals surface area (Å²) in [7, 11) is 0. The van der Waals surface area contributed by atoms with E-state index in [1.54, 1.807) is 0 Å². The van der Waals surface area contributed by atoms with E-state index >= 15 is 0 Å². The molecule has 1 amide bonds. The van der Waals surface area contributed by atoms with Gasteiger partial charge in [0.1, 0.15) is 0 Å². The summed E-state index contributed by atoms with van der Waals surface area (Å²) in [4.78, 5) is 13.9. The van der Waals surface area contributed by atoms with Crippen LogP contribution in [-0.4, -0.2) is 34.9 Å². The van der Waals surface area contributed by atoms with Crippen LogP contribution in [0, 0.1) is 5.41 Å². The fraction of sp³-hybridized carbons (Fsp3) is 0.800. The topological polar surface area (TPSA) is 72.3 Å². The minimum absolute atomic E-state index is 0.0983. The third-order valence-electron chi connectivity index (χ3n) is 3.25. The lowest BCUT2D eigenvalue weighted by atomic mass is 9.89. The van der Waals surface area contributed by atoms with E-state index in [4.69, 9.17) is 23.7 Å². The molecule has 1 aliphatic heterocycles. The maximum absolute atomic E-state index is 11.3. The van der Waals surface area contributed by atoms with Crippen LogP contribution in [-0.2, 0) is 4.79 Å². The zero-order valence-corrected chi connectivity index (χ0v) is 10.1. The van der Waals surface area contributed by atoms with E-state index in [1.807, 2.05) is 13.8 Å². The van der Waals surface area contributed by atoms with Crippen molar-refractivity contribution in [3.05, 3.63) is 0 Å². The highest BCUT2D eigenvalue weighted by Crippen LogP contribution is 2.31. The minimum atomic E-state index is -0.418. The van der Waals surface area contributed by atoms with Gasteiger partial charge < -0.3 is 11.5 Å². The SMILES string of the molecule is CCC(C(N)=S)N1CCC(C)(C(N)=O)C1. The predicted octanol–water partition coefficient (Wildman–Crippen LogP) is 0.248. The van der Waals surface area contributed by atoms with Crippen LogP contribution in [0.15, 0.2) is 0 Å². The van der Waals surface area contributed by atoms with Crippen LogP contribution in [0.4, 0.5) is 0 Å². The predicted molar refractivity (Wildman–Crippen MR) is 64.4 cm³/mol. The molecule has 1 saturated heterocycles. The standard InChI is InChI=1S/C10H19N3OS/c1-3-7(8(11)15)13-5-4-10(2,6-13)9(12)14/h7H,3-6H2,1-2H3,(H2,11,15)(H2,12,14). The summed E-state index contributed by atoms with van der Waals surface area (Å²) in [6.07, 6.45) is 1.67. The Morgan fingerprint density at radius 1 is 1.60 bits per heavy atom. The summed E-state index contributed by atoms with van der Waals surface area (Å²) in [5.41, 5.74) is 10.6. The van der Waals surface area contributed by atoms with Gasteiger partial charge >= 0.3 is 0 Å². The number of carbonyl (C=O) groups is 1. The molecular weight excluding hydrogens is 210 g/mol. The Morgan fingerprint density at radius 3 is 2.53 bits per heavy atom. The van der Waals surface area contributed by atoms with Crippen LogP contribution in [0.2, 0.25) is 0 Å². The molecule has 5 heteroatoms. The number of nitrogens with zero attached hydrogens (tertiary/aromatic N) is 1. The lowest BCUT2D eigenvalue weighted by Gasteiger charge is -2.27. The number of hydrogen-bond acceptors (Lipinski definition) is 3. The van der Waals surface area contributed by atoms with E-state index in [1.165, 1.54) is 0 Å². The number of likely N-dealkylation sites (tertiary alicyclic amines) is 1. The van der Waals surface area contributed by atoms with Gasteiger partial charge in [-0.25, -0.2) is 0 Å². The van der Waals surface area contributed by atoms with E-state index in [9.17, 15) is 4.79 Å². The first-order chi connectivity index (χ1) is 6.90. The second-order valence-electron chi connectivity index (χ2n) is 4.47. The van der Waals surface area contributed by atoms with Gasteiger partial charge in [-0.1, -0.05) is 19.1 Å². The van der Waals surface area contributed by atoms with Crippen LogP contribution in [0.3, 0.4) is 0 Å². The molecule has 4 nitrogen and oxygen atoms in total. The first kappa shape index (κ1) is 12.4. The number of hydrogen-bond donors (Lipinski definition) is 2. The maximum Gasteiger partial charge on any atom is 0.224 e. The van der Waals surface area contributed by atoms with E-state index in [0.29, 0.717) is 11.5 Å². The van der Waals surface area contributed by atoms with E-state index in [0.717, 1.165) is 19.4 Å². The Morgan fingerprint density at radius 2 is 2.20 bits per heavy atom. The fourth-order valence-electron chi connectivity index (χ4n) is 2.10. The summed E-state index contributed by atoms with van der Waals surface area (Å²) < 4.78 is 0. The Labute approximate surface area is 96.0 Å². The minimum Gasteiger partial charge on any atom is -0.392 e. The average molecular weight is 229 g/mol. The quantitative estimate of drug-likeness (QED) is 0.678. The Bertz CT molecular complexity index is 282. The van der Waals surface area contributed by atoms with E-state index in [-0.39, 0.29) is 11.9 Å². The highest BCUT2D eigenvalue weighted by atomic mass is 32.1. The molecule has 1 heterocycles. The van der Waals surface area contributed by atoms with Crippen LogP contribution < -0.4 is 11.5 Å². The van der Waals surface area contributed by atoms with Gasteiger partial charge in [0.05, 0.1) is 16.4 Å². The second kappa shape index (κ2) is 4.45. The summed E-state index contributed by atoms with van der Waals surface area (Å²) >= 11 is 5.01. The van der Waals surface area contributed by atoms with Gasteiger partial charge in [-0.05, 0) is 26.3 Å². The van der Waals surface area contributed by atoms with Gasteiger partial charge in [0.15, 0.2) is 0 Å². The van der Waals surface area contributed by atoms with Gasteiger partial charge in [0.2, 0.25) is 5.91 Å². The molecule has 0 aromatic carbocycles. The molecule has 0 aromatic rings. The molecule has 0 spiro atoms. The Hall–Kier alpha value is -0.680. The molecule has 0 saturated carbocycles. The highest BCUT2D eigenvalue weighted by Gasteiger charge is 2.41. The zero-order valence-electron chi connectivity index (χ0n) is 9.32. The van der Waals surface area contributed by atoms with Gasteiger partial charge in [-0.2, -0.15) is 0 Å². The molecule has 86 valence electrons. The summed E-state index contributed by atoms with van der Waals surface area (Å²) in [5.74, 6) is -0.234. The lowest BCUT2D eigenvalue weighted by molar-refractivity contribution is -0.126. The third kappa shape index (κ3) is 2.46. The molecule has 1 rings (SSSR count). The van der Waals surface area contributed by atoms with Gasteiger partial charge in [0.25, 0.3) is 0 Å². The first-order valence-electron chi connectivity index (χ1n) is 5.24. The lowest BCUT2D eigenvalue weighted by Crippen LogP contribution is -2.44. The normalized spacial score (nSPS) is 28.9. The van der Waals surface area contributed by atoms with Crippen LogP contribution in [0.1, 0.15) is 26.7 Å². The number of primary amides is 1. The van der Waals surface area contributed by atoms with Crippen molar-refractivity contribution < 1.29 is 4.79 Å². The molecule has 0 aromatic heterocycles. The Kier molecular flexibility index (Phi) is 3.67. The molecule has 0 bridgehead atoms. The molecule has 1 fully saturated rings. The highest BCUT2D eigenvalue weighted by molar-refractivity contribution is 7.80. The largest absolute Gasteiger partial charge is 0.392 e. The molecule has 0 radical (unpaired) electrons. The molecule has 2 unspecified atom stereocenters. The first-order valence-corrected chi connectivity index (χ1v) is 5.65. The second-order valence-corrected chi connectivity index (χ2v) is 4.94. The number of thiocarbonyl (C=S) groups is 1. The smallest absolute Gasteiger partial charge is 0.224 e. The monoisotopic (exact) mass is 229 g/mol. The van der Waals surface area contributed by atoms with Crippen molar-refractivity contribution in [2.75, 3.05) is 13.1 Å². The van der Waals surface area contributed by atoms with Crippen molar-refractivity contribution in [2.45, 2.75) is 32.7 Å². The van der Waals surface area contributed by atoms with E-state index in [2.05, 4.69) is 4.90 Å². The number of carbonyl (C=O) groups excluding carboxylic acids is 1. The zero-order chi connectivity index (χ0) is 11.6.